The molecular formula is C23H30BrNO3. The monoisotopic (exact) mass is 447 g/mol. The molecule has 0 aliphatic carbocycles. The van der Waals surface area contributed by atoms with Crippen LogP contribution in [0.4, 0.5) is 0 Å². The number of halogens is 1. The maximum absolute atomic E-state index is 12.2. The average molecular weight is 448 g/mol. The minimum atomic E-state index is -0.485. The van der Waals surface area contributed by atoms with E-state index >= 15 is 0 Å². The fourth-order valence-electron chi connectivity index (χ4n) is 2.59. The Morgan fingerprint density at radius 2 is 1.79 bits per heavy atom. The van der Waals surface area contributed by atoms with E-state index < -0.39 is 5.97 Å². The van der Waals surface area contributed by atoms with E-state index in [0.29, 0.717) is 5.56 Å². The summed E-state index contributed by atoms with van der Waals surface area (Å²) in [6, 6.07) is 15.0. The highest BCUT2D eigenvalue weighted by atomic mass is 79.9. The molecule has 0 bridgehead atoms. The SMILES string of the molecule is CCCC(C)CC.COC(=O)CNC(=O)c1ccc(Br)cc1-c1ccccc1. The second kappa shape index (κ2) is 13.1. The largest absolute Gasteiger partial charge is 0.468 e. The van der Waals surface area contributed by atoms with Crippen LogP contribution in [0.15, 0.2) is 53.0 Å². The molecule has 0 aromatic heterocycles. The molecule has 0 spiro atoms. The van der Waals surface area contributed by atoms with Gasteiger partial charge in [0.2, 0.25) is 0 Å². The summed E-state index contributed by atoms with van der Waals surface area (Å²) in [4.78, 5) is 23.3. The summed E-state index contributed by atoms with van der Waals surface area (Å²) in [6.07, 6.45) is 4.08. The first-order chi connectivity index (χ1) is 13.4. The van der Waals surface area contributed by atoms with E-state index in [1.54, 1.807) is 12.1 Å². The topological polar surface area (TPSA) is 55.4 Å². The van der Waals surface area contributed by atoms with Gasteiger partial charge in [0.25, 0.3) is 5.91 Å². The van der Waals surface area contributed by atoms with Crippen LogP contribution >= 0.6 is 15.9 Å². The van der Waals surface area contributed by atoms with E-state index in [2.05, 4.69) is 46.8 Å². The molecule has 0 saturated heterocycles. The van der Waals surface area contributed by atoms with E-state index in [0.717, 1.165) is 21.5 Å². The maximum Gasteiger partial charge on any atom is 0.325 e. The molecule has 0 saturated carbocycles. The minimum Gasteiger partial charge on any atom is -0.468 e. The summed E-state index contributed by atoms with van der Waals surface area (Å²) in [5.41, 5.74) is 2.24. The molecule has 152 valence electrons. The minimum absolute atomic E-state index is 0.153. The zero-order valence-electron chi connectivity index (χ0n) is 17.1. The molecule has 1 unspecified atom stereocenters. The Morgan fingerprint density at radius 1 is 1.11 bits per heavy atom. The molecule has 1 amide bonds. The fraction of sp³-hybridized carbons (Fsp3) is 0.391. The van der Waals surface area contributed by atoms with E-state index in [-0.39, 0.29) is 12.5 Å². The van der Waals surface area contributed by atoms with Crippen LogP contribution in [0.3, 0.4) is 0 Å². The number of ether oxygens (including phenoxy) is 1. The van der Waals surface area contributed by atoms with Crippen LogP contribution in [-0.2, 0) is 9.53 Å². The van der Waals surface area contributed by atoms with Crippen molar-refractivity contribution in [2.45, 2.75) is 40.0 Å². The summed E-state index contributed by atoms with van der Waals surface area (Å²) >= 11 is 3.41. The van der Waals surface area contributed by atoms with Crippen molar-refractivity contribution in [3.8, 4) is 11.1 Å². The number of carbonyl (C=O) groups excluding carboxylic acids is 2. The number of benzene rings is 2. The predicted molar refractivity (Wildman–Crippen MR) is 118 cm³/mol. The highest BCUT2D eigenvalue weighted by Gasteiger charge is 2.14. The van der Waals surface area contributed by atoms with Gasteiger partial charge in [-0.3, -0.25) is 9.59 Å². The average Bonchev–Trinajstić information content (AvgIpc) is 2.72. The van der Waals surface area contributed by atoms with Crippen LogP contribution < -0.4 is 5.32 Å². The summed E-state index contributed by atoms with van der Waals surface area (Å²) in [7, 11) is 1.28. The van der Waals surface area contributed by atoms with Crippen molar-refractivity contribution in [2.75, 3.05) is 13.7 Å². The first-order valence-electron chi connectivity index (χ1n) is 9.62. The van der Waals surface area contributed by atoms with Gasteiger partial charge in [0.1, 0.15) is 6.54 Å². The molecule has 0 heterocycles. The van der Waals surface area contributed by atoms with Crippen molar-refractivity contribution in [1.29, 1.82) is 0 Å². The van der Waals surface area contributed by atoms with Crippen LogP contribution in [0.5, 0.6) is 0 Å². The molecule has 0 radical (unpaired) electrons. The third kappa shape index (κ3) is 8.26. The van der Waals surface area contributed by atoms with Gasteiger partial charge >= 0.3 is 5.97 Å². The number of methoxy groups -OCH3 is 1. The molecule has 0 fully saturated rings. The Bertz CT molecular complexity index is 747. The molecule has 1 atom stereocenters. The van der Waals surface area contributed by atoms with Crippen molar-refractivity contribution < 1.29 is 14.3 Å². The lowest BCUT2D eigenvalue weighted by Crippen LogP contribution is -2.30. The molecule has 28 heavy (non-hydrogen) atoms. The van der Waals surface area contributed by atoms with Crippen LogP contribution in [0.1, 0.15) is 50.4 Å². The van der Waals surface area contributed by atoms with E-state index in [4.69, 9.17) is 0 Å². The van der Waals surface area contributed by atoms with Crippen molar-refractivity contribution in [2.24, 2.45) is 5.92 Å². The van der Waals surface area contributed by atoms with Gasteiger partial charge in [-0.15, -0.1) is 0 Å². The quantitative estimate of drug-likeness (QED) is 0.541. The normalized spacial score (nSPS) is 11.0. The van der Waals surface area contributed by atoms with E-state index in [1.807, 2.05) is 36.4 Å². The number of esters is 1. The van der Waals surface area contributed by atoms with Gasteiger partial charge in [0, 0.05) is 10.0 Å². The first-order valence-corrected chi connectivity index (χ1v) is 10.4. The summed E-state index contributed by atoms with van der Waals surface area (Å²) < 4.78 is 5.39. The number of rotatable bonds is 7. The Morgan fingerprint density at radius 3 is 2.32 bits per heavy atom. The standard InChI is InChI=1S/C16H14BrNO3.C7H16/c1-21-15(19)10-18-16(20)13-8-7-12(17)9-14(13)11-5-3-2-4-6-11;1-4-6-7(3)5-2/h2-9H,10H2,1H3,(H,18,20);7H,4-6H2,1-3H3. The van der Waals surface area contributed by atoms with Gasteiger partial charge in [0.05, 0.1) is 7.11 Å². The van der Waals surface area contributed by atoms with Crippen molar-refractivity contribution >= 4 is 27.8 Å². The van der Waals surface area contributed by atoms with Crippen LogP contribution in [-0.4, -0.2) is 25.5 Å². The lowest BCUT2D eigenvalue weighted by atomic mass is 9.99. The molecule has 1 N–H and O–H groups in total. The van der Waals surface area contributed by atoms with Crippen molar-refractivity contribution in [1.82, 2.24) is 5.32 Å². The molecule has 2 rings (SSSR count). The summed E-state index contributed by atoms with van der Waals surface area (Å²) in [5, 5.41) is 2.55. The second-order valence-corrected chi connectivity index (χ2v) is 7.53. The number of amides is 1. The van der Waals surface area contributed by atoms with Crippen molar-refractivity contribution in [3.05, 3.63) is 58.6 Å². The number of carbonyl (C=O) groups is 2. The van der Waals surface area contributed by atoms with Crippen molar-refractivity contribution in [3.63, 3.8) is 0 Å². The molecule has 4 nitrogen and oxygen atoms in total. The second-order valence-electron chi connectivity index (χ2n) is 6.62. The maximum atomic E-state index is 12.2. The van der Waals surface area contributed by atoms with Gasteiger partial charge in [-0.1, -0.05) is 86.3 Å². The molecule has 0 aliphatic rings. The van der Waals surface area contributed by atoms with Gasteiger partial charge in [-0.05, 0) is 35.2 Å². The van der Waals surface area contributed by atoms with E-state index in [9.17, 15) is 9.59 Å². The smallest absolute Gasteiger partial charge is 0.325 e. The highest BCUT2D eigenvalue weighted by molar-refractivity contribution is 9.10. The van der Waals surface area contributed by atoms with Crippen LogP contribution in [0.25, 0.3) is 11.1 Å². The van der Waals surface area contributed by atoms with Gasteiger partial charge < -0.3 is 10.1 Å². The Hall–Kier alpha value is -2.14. The van der Waals surface area contributed by atoms with Crippen LogP contribution in [0, 0.1) is 5.92 Å². The van der Waals surface area contributed by atoms with Crippen LogP contribution in [0.2, 0.25) is 0 Å². The Balaban J connectivity index is 0.000000480. The molecular weight excluding hydrogens is 418 g/mol. The lowest BCUT2D eigenvalue weighted by Gasteiger charge is -2.10. The first kappa shape index (κ1) is 23.9. The molecule has 5 heteroatoms. The summed E-state index contributed by atoms with van der Waals surface area (Å²) in [6.45, 7) is 6.65. The highest BCUT2D eigenvalue weighted by Crippen LogP contribution is 2.27. The Kier molecular flexibility index (Phi) is 11.2. The van der Waals surface area contributed by atoms with Gasteiger partial charge in [-0.2, -0.15) is 0 Å². The van der Waals surface area contributed by atoms with E-state index in [1.165, 1.54) is 26.4 Å². The zero-order valence-corrected chi connectivity index (χ0v) is 18.7. The number of hydrogen-bond acceptors (Lipinski definition) is 3. The third-order valence-electron chi connectivity index (χ3n) is 4.41. The number of nitrogens with one attached hydrogen (secondary N) is 1. The molecule has 2 aromatic carbocycles. The predicted octanol–water partition coefficient (Wildman–Crippen LogP) is 5.85. The van der Waals surface area contributed by atoms with Gasteiger partial charge in [-0.25, -0.2) is 0 Å². The summed E-state index contributed by atoms with van der Waals surface area (Å²) in [5.74, 6) is 0.151. The lowest BCUT2D eigenvalue weighted by molar-refractivity contribution is -0.139. The zero-order chi connectivity index (χ0) is 20.9. The Labute approximate surface area is 176 Å². The number of hydrogen-bond donors (Lipinski definition) is 1. The third-order valence-corrected chi connectivity index (χ3v) is 4.90. The molecule has 2 aromatic rings. The van der Waals surface area contributed by atoms with Gasteiger partial charge in [0.15, 0.2) is 0 Å². The fourth-order valence-corrected chi connectivity index (χ4v) is 2.95. The molecule has 0 aliphatic heterocycles.